The Balaban J connectivity index is 1.02. The van der Waals surface area contributed by atoms with Gasteiger partial charge in [-0.1, -0.05) is 78.9 Å². The molecule has 4 aliphatic carbocycles. The van der Waals surface area contributed by atoms with E-state index in [-0.39, 0.29) is 17.6 Å². The molecule has 0 aromatic carbocycles. The Morgan fingerprint density at radius 3 is 2.47 bits per heavy atom. The number of ether oxygens (including phenoxy) is 3. The van der Waals surface area contributed by atoms with Gasteiger partial charge in [-0.2, -0.15) is 0 Å². The van der Waals surface area contributed by atoms with Gasteiger partial charge in [-0.25, -0.2) is 4.79 Å². The van der Waals surface area contributed by atoms with E-state index in [1.807, 2.05) is 0 Å². The first kappa shape index (κ1) is 39.0. The number of alkyl carbamates (subject to hydrolysis) is 1. The van der Waals surface area contributed by atoms with Crippen LogP contribution in [0.15, 0.2) is 11.6 Å². The summed E-state index contributed by atoms with van der Waals surface area (Å²) < 4.78 is 17.1. The maximum absolute atomic E-state index is 12.8. The Bertz CT molecular complexity index is 1110. The van der Waals surface area contributed by atoms with Crippen LogP contribution in [-0.4, -0.2) is 71.4 Å². The van der Waals surface area contributed by atoms with Crippen molar-refractivity contribution >= 4 is 6.09 Å². The van der Waals surface area contributed by atoms with E-state index >= 15 is 0 Å². The number of nitrogens with one attached hydrogen (secondary N) is 1. The minimum atomic E-state index is -1.28. The molecule has 8 nitrogen and oxygen atoms in total. The predicted molar refractivity (Wildman–Crippen MR) is 193 cm³/mol. The van der Waals surface area contributed by atoms with Gasteiger partial charge in [-0.3, -0.25) is 0 Å². The second-order valence-corrected chi connectivity index (χ2v) is 18.1. The third-order valence-electron chi connectivity index (χ3n) is 14.3. The van der Waals surface area contributed by atoms with Crippen LogP contribution >= 0.6 is 0 Å². The zero-order valence-corrected chi connectivity index (χ0v) is 31.9. The van der Waals surface area contributed by atoms with E-state index in [0.29, 0.717) is 24.5 Å². The van der Waals surface area contributed by atoms with Crippen LogP contribution in [0.3, 0.4) is 0 Å². The summed E-state index contributed by atoms with van der Waals surface area (Å²) in [6.07, 6.45) is 13.5. The molecule has 1 amide bonds. The number of unbranched alkanes of at least 4 members (excludes halogenated alkanes) is 1. The molecule has 11 unspecified atom stereocenters. The van der Waals surface area contributed by atoms with E-state index in [4.69, 9.17) is 14.2 Å². The standard InChI is InChI=1S/C41H71NO7/c1-25(2)11-10-13-27(4)32-16-17-33-31-15-14-29-23-30(18-20-40(29,6)34(31)19-21-41(32,33)7)49-39(46)42-24-26(3)12-8-9-22-47-38-37(45)36(44)35(43)28(5)48-38/h14,25-28,30-38,43-45H,8-13,15-24H2,1-7H3,(H,42,46)/t26?,27?,28?,30?,31?,32?,33?,34?,35-,36?,37?,38?,40-,41+/m0/s1. The highest BCUT2D eigenvalue weighted by atomic mass is 16.7. The van der Waals surface area contributed by atoms with E-state index < -0.39 is 30.7 Å². The smallest absolute Gasteiger partial charge is 0.407 e. The van der Waals surface area contributed by atoms with E-state index in [0.717, 1.165) is 74.0 Å². The predicted octanol–water partition coefficient (Wildman–Crippen LogP) is 7.77. The summed E-state index contributed by atoms with van der Waals surface area (Å²) in [4.78, 5) is 12.8. The molecule has 14 atom stereocenters. The molecular formula is C41H71NO7. The summed E-state index contributed by atoms with van der Waals surface area (Å²) >= 11 is 0. The van der Waals surface area contributed by atoms with Crippen LogP contribution in [0.25, 0.3) is 0 Å². The van der Waals surface area contributed by atoms with Crippen LogP contribution in [0.4, 0.5) is 4.79 Å². The minimum Gasteiger partial charge on any atom is -0.446 e. The molecule has 1 aliphatic heterocycles. The van der Waals surface area contributed by atoms with Crippen molar-refractivity contribution in [2.45, 2.75) is 175 Å². The van der Waals surface area contributed by atoms with E-state index in [1.165, 1.54) is 51.4 Å². The van der Waals surface area contributed by atoms with Crippen LogP contribution in [0.1, 0.15) is 138 Å². The lowest BCUT2D eigenvalue weighted by molar-refractivity contribution is -0.293. The van der Waals surface area contributed by atoms with Gasteiger partial charge in [-0.05, 0) is 117 Å². The van der Waals surface area contributed by atoms with Crippen LogP contribution in [0.2, 0.25) is 0 Å². The molecule has 4 N–H and O–H groups in total. The second kappa shape index (κ2) is 16.7. The highest BCUT2D eigenvalue weighted by Gasteiger charge is 2.59. The number of hydrogen-bond acceptors (Lipinski definition) is 7. The number of carbonyl (C=O) groups excluding carboxylic acids is 1. The molecule has 0 radical (unpaired) electrons. The van der Waals surface area contributed by atoms with Crippen molar-refractivity contribution in [3.05, 3.63) is 11.6 Å². The first-order valence-corrected chi connectivity index (χ1v) is 20.2. The summed E-state index contributed by atoms with van der Waals surface area (Å²) in [7, 11) is 0. The van der Waals surface area contributed by atoms with Crippen LogP contribution in [0.5, 0.6) is 0 Å². The number of rotatable bonds is 14. The summed E-state index contributed by atoms with van der Waals surface area (Å²) in [6, 6.07) is 0. The third-order valence-corrected chi connectivity index (χ3v) is 14.3. The maximum atomic E-state index is 12.8. The Morgan fingerprint density at radius 1 is 0.939 bits per heavy atom. The quantitative estimate of drug-likeness (QED) is 0.109. The van der Waals surface area contributed by atoms with Crippen molar-refractivity contribution in [2.24, 2.45) is 52.3 Å². The fourth-order valence-corrected chi connectivity index (χ4v) is 11.3. The molecule has 282 valence electrons. The molecule has 3 saturated carbocycles. The average molecular weight is 690 g/mol. The van der Waals surface area contributed by atoms with Gasteiger partial charge in [0, 0.05) is 19.6 Å². The summed E-state index contributed by atoms with van der Waals surface area (Å²) in [5.41, 5.74) is 2.31. The summed E-state index contributed by atoms with van der Waals surface area (Å²) in [5, 5.41) is 32.9. The fraction of sp³-hybridized carbons (Fsp3) is 0.927. The number of amides is 1. The molecule has 0 bridgehead atoms. The fourth-order valence-electron chi connectivity index (χ4n) is 11.3. The zero-order valence-electron chi connectivity index (χ0n) is 31.9. The Hall–Kier alpha value is -1.19. The maximum Gasteiger partial charge on any atom is 0.407 e. The molecule has 0 aromatic heterocycles. The largest absolute Gasteiger partial charge is 0.446 e. The zero-order chi connectivity index (χ0) is 35.5. The van der Waals surface area contributed by atoms with Gasteiger partial charge in [0.05, 0.1) is 6.10 Å². The topological polar surface area (TPSA) is 117 Å². The molecular weight excluding hydrogens is 618 g/mol. The highest BCUT2D eigenvalue weighted by Crippen LogP contribution is 2.67. The molecule has 4 fully saturated rings. The van der Waals surface area contributed by atoms with E-state index in [2.05, 4.69) is 52.9 Å². The molecule has 1 saturated heterocycles. The minimum absolute atomic E-state index is 0.0422. The first-order chi connectivity index (χ1) is 23.2. The number of hydrogen-bond donors (Lipinski definition) is 4. The van der Waals surface area contributed by atoms with Crippen molar-refractivity contribution in [1.82, 2.24) is 5.32 Å². The second-order valence-electron chi connectivity index (χ2n) is 18.1. The van der Waals surface area contributed by atoms with Crippen LogP contribution in [0, 0.1) is 52.3 Å². The van der Waals surface area contributed by atoms with Crippen molar-refractivity contribution in [3.8, 4) is 0 Å². The van der Waals surface area contributed by atoms with Crippen molar-refractivity contribution in [1.29, 1.82) is 0 Å². The van der Waals surface area contributed by atoms with Gasteiger partial charge in [-0.15, -0.1) is 0 Å². The number of aliphatic hydroxyl groups excluding tert-OH is 3. The van der Waals surface area contributed by atoms with Crippen molar-refractivity contribution < 1.29 is 34.3 Å². The number of fused-ring (bicyclic) bond motifs is 5. The summed E-state index contributed by atoms with van der Waals surface area (Å²) in [5.74, 6) is 5.27. The average Bonchev–Trinajstić information content (AvgIpc) is 3.42. The Morgan fingerprint density at radius 2 is 1.71 bits per heavy atom. The Labute approximate surface area is 297 Å². The monoisotopic (exact) mass is 690 g/mol. The van der Waals surface area contributed by atoms with E-state index in [9.17, 15) is 20.1 Å². The molecule has 8 heteroatoms. The lowest BCUT2D eigenvalue weighted by Gasteiger charge is -2.58. The lowest BCUT2D eigenvalue weighted by Crippen LogP contribution is -2.57. The summed E-state index contributed by atoms with van der Waals surface area (Å²) in [6.45, 7) is 17.2. The van der Waals surface area contributed by atoms with Crippen molar-refractivity contribution in [3.63, 3.8) is 0 Å². The molecule has 5 rings (SSSR count). The highest BCUT2D eigenvalue weighted by molar-refractivity contribution is 5.67. The van der Waals surface area contributed by atoms with E-state index in [1.54, 1.807) is 12.5 Å². The molecule has 0 spiro atoms. The molecule has 49 heavy (non-hydrogen) atoms. The first-order valence-electron chi connectivity index (χ1n) is 20.2. The van der Waals surface area contributed by atoms with Gasteiger partial charge < -0.3 is 34.8 Å². The number of aliphatic hydroxyl groups is 3. The number of carbonyl (C=O) groups is 1. The molecule has 1 heterocycles. The van der Waals surface area contributed by atoms with Gasteiger partial charge in [0.15, 0.2) is 6.29 Å². The van der Waals surface area contributed by atoms with Crippen LogP contribution < -0.4 is 5.32 Å². The van der Waals surface area contributed by atoms with Crippen LogP contribution in [-0.2, 0) is 14.2 Å². The lowest BCUT2D eigenvalue weighted by atomic mass is 9.47. The van der Waals surface area contributed by atoms with Gasteiger partial charge in [0.1, 0.15) is 24.4 Å². The van der Waals surface area contributed by atoms with Gasteiger partial charge >= 0.3 is 6.09 Å². The molecule has 5 aliphatic rings. The number of allylic oxidation sites excluding steroid dienone is 1. The third kappa shape index (κ3) is 8.72. The van der Waals surface area contributed by atoms with Crippen molar-refractivity contribution in [2.75, 3.05) is 13.2 Å². The Kier molecular flexibility index (Phi) is 13.3. The van der Waals surface area contributed by atoms with Gasteiger partial charge in [0.2, 0.25) is 0 Å². The normalized spacial score (nSPS) is 41.7. The SMILES string of the molecule is CC(C)CCCC(C)C1CCC2C3CC=C4CC(OC(=O)NCC(C)CCCCOC5OC(C)[C@H](O)C(O)C5O)CC[C@]4(C)C3CC[C@]12C. The molecule has 0 aromatic rings. The van der Waals surface area contributed by atoms with Gasteiger partial charge in [0.25, 0.3) is 0 Å².